The molecule has 2 atom stereocenters. The fraction of sp³-hybridized carbons (Fsp3) is 0.652. The van der Waals surface area contributed by atoms with Crippen molar-refractivity contribution in [3.8, 4) is 6.07 Å². The molecule has 0 aromatic heterocycles. The molecule has 4 aliphatic rings. The molecule has 4 saturated carbocycles. The van der Waals surface area contributed by atoms with Gasteiger partial charge in [-0.05, 0) is 62.5 Å². The second-order valence-corrected chi connectivity index (χ2v) is 12.2. The highest BCUT2D eigenvalue weighted by molar-refractivity contribution is 7.90. The molecule has 0 heterocycles. The van der Waals surface area contributed by atoms with Gasteiger partial charge in [0.15, 0.2) is 0 Å². The minimum atomic E-state index is -3.96. The van der Waals surface area contributed by atoms with Gasteiger partial charge in [-0.15, -0.1) is 0 Å². The molecule has 0 radical (unpaired) electrons. The van der Waals surface area contributed by atoms with Crippen molar-refractivity contribution in [1.29, 1.82) is 5.26 Å². The van der Waals surface area contributed by atoms with E-state index in [-0.39, 0.29) is 16.8 Å². The van der Waals surface area contributed by atoms with Crippen molar-refractivity contribution in [3.63, 3.8) is 0 Å². The number of carbonyl (C=O) groups excluding carboxylic acids is 1. The largest absolute Gasteiger partial charge is 0.346 e. The predicted molar refractivity (Wildman–Crippen MR) is 120 cm³/mol. The fourth-order valence-electron chi connectivity index (χ4n) is 6.33. The van der Waals surface area contributed by atoms with Gasteiger partial charge < -0.3 is 5.32 Å². The van der Waals surface area contributed by atoms with Crippen molar-refractivity contribution in [2.45, 2.75) is 63.3 Å². The lowest BCUT2D eigenvalue weighted by Gasteiger charge is -2.59. The minimum Gasteiger partial charge on any atom is -0.346 e. The molecule has 10 heteroatoms. The lowest BCUT2D eigenvalue weighted by atomic mass is 9.47. The van der Waals surface area contributed by atoms with E-state index in [1.807, 2.05) is 0 Å². The fourth-order valence-corrected chi connectivity index (χ4v) is 6.97. The van der Waals surface area contributed by atoms with Crippen LogP contribution in [-0.4, -0.2) is 38.3 Å². The third-order valence-electron chi connectivity index (χ3n) is 7.53. The van der Waals surface area contributed by atoms with E-state index in [0.29, 0.717) is 18.3 Å². The van der Waals surface area contributed by atoms with Crippen molar-refractivity contribution in [2.24, 2.45) is 17.3 Å². The molecule has 180 valence electrons. The Morgan fingerprint density at radius 1 is 1.24 bits per heavy atom. The van der Waals surface area contributed by atoms with Crippen LogP contribution >= 0.6 is 0 Å². The molecule has 0 spiro atoms. The first-order valence-corrected chi connectivity index (χ1v) is 12.7. The summed E-state index contributed by atoms with van der Waals surface area (Å²) >= 11 is 0. The molecule has 1 amide bonds. The Balaban J connectivity index is 1.70. The number of rotatable bonds is 7. The van der Waals surface area contributed by atoms with Crippen molar-refractivity contribution in [1.82, 2.24) is 9.62 Å². The minimum absolute atomic E-state index is 0.0587. The van der Waals surface area contributed by atoms with Gasteiger partial charge in [0.25, 0.3) is 11.8 Å². The van der Waals surface area contributed by atoms with E-state index in [0.717, 1.165) is 48.5 Å². The Labute approximate surface area is 193 Å². The number of nitrogens with one attached hydrogen (secondary N) is 2. The monoisotopic (exact) mass is 480 g/mol. The summed E-state index contributed by atoms with van der Waals surface area (Å²) in [4.78, 5) is 13.5. The van der Waals surface area contributed by atoms with Gasteiger partial charge in [-0.2, -0.15) is 18.0 Å². The number of nitrogens with zero attached hydrogens (tertiary/aromatic N) is 2. The zero-order valence-corrected chi connectivity index (χ0v) is 19.9. The molecule has 2 N–H and O–H groups in total. The quantitative estimate of drug-likeness (QED) is 0.616. The normalized spacial score (nSPS) is 30.8. The third-order valence-corrected chi connectivity index (χ3v) is 8.97. The summed E-state index contributed by atoms with van der Waals surface area (Å²) in [6.45, 7) is 1.35. The highest BCUT2D eigenvalue weighted by Crippen LogP contribution is 2.61. The second kappa shape index (κ2) is 7.91. The van der Waals surface area contributed by atoms with Crippen molar-refractivity contribution in [2.75, 3.05) is 18.8 Å². The molecule has 5 rings (SSSR count). The predicted octanol–water partition coefficient (Wildman–Crippen LogP) is 4.00. The SMILES string of the molecule is CCC(F)(F)c1ccc(NS(=O)(=O)N(C)C)c(C(=O)NC23CC4CC(CC(C#N)(C4)C2)C3)c1. The van der Waals surface area contributed by atoms with E-state index < -0.39 is 39.4 Å². The Hall–Kier alpha value is -2.25. The van der Waals surface area contributed by atoms with Gasteiger partial charge in [-0.1, -0.05) is 13.0 Å². The average molecular weight is 481 g/mol. The van der Waals surface area contributed by atoms with E-state index >= 15 is 0 Å². The van der Waals surface area contributed by atoms with Crippen molar-refractivity contribution in [3.05, 3.63) is 29.3 Å². The number of benzene rings is 1. The zero-order chi connectivity index (χ0) is 24.2. The first kappa shape index (κ1) is 23.9. The van der Waals surface area contributed by atoms with E-state index in [9.17, 15) is 27.3 Å². The number of carbonyl (C=O) groups is 1. The van der Waals surface area contributed by atoms with E-state index in [2.05, 4.69) is 16.1 Å². The summed E-state index contributed by atoms with van der Waals surface area (Å²) in [6, 6.07) is 5.92. The van der Waals surface area contributed by atoms with Gasteiger partial charge in [0.05, 0.1) is 22.7 Å². The number of nitriles is 1. The van der Waals surface area contributed by atoms with E-state index in [1.165, 1.54) is 27.1 Å². The van der Waals surface area contributed by atoms with Crippen LogP contribution in [0.2, 0.25) is 0 Å². The standard InChI is InChI=1S/C23H30F2N4O3S/c1-4-23(24,25)17-5-6-19(28-33(31,32)29(2)3)18(8-17)20(30)27-22-11-15-7-16(12-22)10-21(9-15,13-22)14-26/h5-6,8,15-16,28H,4,7,9-13H2,1-3H3,(H,27,30). The number of hydrogen-bond donors (Lipinski definition) is 2. The highest BCUT2D eigenvalue weighted by Gasteiger charge is 2.58. The molecule has 4 aliphatic carbocycles. The maximum Gasteiger partial charge on any atom is 0.301 e. The Morgan fingerprint density at radius 3 is 2.42 bits per heavy atom. The molecule has 2 unspecified atom stereocenters. The smallest absolute Gasteiger partial charge is 0.301 e. The number of halogens is 2. The molecule has 1 aromatic rings. The van der Waals surface area contributed by atoms with Gasteiger partial charge in [0.1, 0.15) is 0 Å². The summed E-state index contributed by atoms with van der Waals surface area (Å²) in [5.74, 6) is -3.04. The number of alkyl halides is 2. The van der Waals surface area contributed by atoms with Crippen LogP contribution in [0.15, 0.2) is 18.2 Å². The van der Waals surface area contributed by atoms with Crippen LogP contribution in [0, 0.1) is 28.6 Å². The molecule has 0 aliphatic heterocycles. The second-order valence-electron chi connectivity index (χ2n) is 10.3. The van der Waals surface area contributed by atoms with Crippen LogP contribution in [0.25, 0.3) is 0 Å². The van der Waals surface area contributed by atoms with Crippen LogP contribution in [0.3, 0.4) is 0 Å². The Bertz CT molecular complexity index is 1100. The van der Waals surface area contributed by atoms with Crippen LogP contribution in [0.4, 0.5) is 14.5 Å². The molecule has 7 nitrogen and oxygen atoms in total. The summed E-state index contributed by atoms with van der Waals surface area (Å²) in [6.07, 6.45) is 4.32. The topological polar surface area (TPSA) is 102 Å². The molecule has 4 bridgehead atoms. The Morgan fingerprint density at radius 2 is 1.88 bits per heavy atom. The van der Waals surface area contributed by atoms with Crippen LogP contribution in [0.5, 0.6) is 0 Å². The summed E-state index contributed by atoms with van der Waals surface area (Å²) in [5, 5.41) is 12.9. The number of hydrogen-bond acceptors (Lipinski definition) is 4. The first-order chi connectivity index (χ1) is 15.3. The maximum atomic E-state index is 14.4. The van der Waals surface area contributed by atoms with Crippen molar-refractivity contribution >= 4 is 21.8 Å². The highest BCUT2D eigenvalue weighted by atomic mass is 32.2. The molecule has 1 aromatic carbocycles. The Kier molecular flexibility index (Phi) is 5.73. The van der Waals surface area contributed by atoms with Crippen molar-refractivity contribution < 1.29 is 22.0 Å². The van der Waals surface area contributed by atoms with Gasteiger partial charge in [-0.25, -0.2) is 8.78 Å². The lowest BCUT2D eigenvalue weighted by Crippen LogP contribution is -2.62. The maximum absolute atomic E-state index is 14.4. The summed E-state index contributed by atoms with van der Waals surface area (Å²) < 4.78 is 56.9. The number of anilines is 1. The molecular formula is C23H30F2N4O3S. The average Bonchev–Trinajstić information content (AvgIpc) is 2.72. The number of amides is 1. The first-order valence-electron chi connectivity index (χ1n) is 11.3. The molecule has 4 fully saturated rings. The van der Waals surface area contributed by atoms with Gasteiger partial charge in [-0.3, -0.25) is 9.52 Å². The summed E-state index contributed by atoms with van der Waals surface area (Å²) in [5.41, 5.74) is -1.58. The molecule has 33 heavy (non-hydrogen) atoms. The van der Waals surface area contributed by atoms with Gasteiger partial charge in [0, 0.05) is 31.6 Å². The molecular weight excluding hydrogens is 450 g/mol. The summed E-state index contributed by atoms with van der Waals surface area (Å²) in [7, 11) is -1.29. The lowest BCUT2D eigenvalue weighted by molar-refractivity contribution is -0.0493. The molecule has 0 saturated heterocycles. The zero-order valence-electron chi connectivity index (χ0n) is 19.1. The van der Waals surface area contributed by atoms with Crippen LogP contribution < -0.4 is 10.0 Å². The van der Waals surface area contributed by atoms with Crippen LogP contribution in [0.1, 0.15) is 67.8 Å². The van der Waals surface area contributed by atoms with Crippen LogP contribution in [-0.2, 0) is 16.1 Å². The van der Waals surface area contributed by atoms with E-state index in [1.54, 1.807) is 0 Å². The third kappa shape index (κ3) is 4.33. The van der Waals surface area contributed by atoms with E-state index in [4.69, 9.17) is 0 Å². The van der Waals surface area contributed by atoms with Gasteiger partial charge >= 0.3 is 10.2 Å². The van der Waals surface area contributed by atoms with Gasteiger partial charge in [0.2, 0.25) is 0 Å².